The molecule has 14 heavy (non-hydrogen) atoms. The second kappa shape index (κ2) is 4.79. The third kappa shape index (κ3) is 2.34. The highest BCUT2D eigenvalue weighted by molar-refractivity contribution is 5.77. The van der Waals surface area contributed by atoms with E-state index in [4.69, 9.17) is 0 Å². The zero-order valence-electron chi connectivity index (χ0n) is 8.86. The fourth-order valence-electron chi connectivity index (χ4n) is 1.27. The van der Waals surface area contributed by atoms with Crippen LogP contribution >= 0.6 is 0 Å². The SMILES string of the molecule is CCCn1cc(C(C)C(=O)OC)cn1. The largest absolute Gasteiger partial charge is 0.469 e. The summed E-state index contributed by atoms with van der Waals surface area (Å²) in [5.41, 5.74) is 0.908. The van der Waals surface area contributed by atoms with E-state index in [1.54, 1.807) is 6.20 Å². The van der Waals surface area contributed by atoms with Gasteiger partial charge in [-0.2, -0.15) is 5.10 Å². The van der Waals surface area contributed by atoms with Crippen LogP contribution in [0.15, 0.2) is 12.4 Å². The minimum atomic E-state index is -0.231. The Kier molecular flexibility index (Phi) is 3.68. The Morgan fingerprint density at radius 1 is 1.71 bits per heavy atom. The van der Waals surface area contributed by atoms with Crippen LogP contribution in [0.4, 0.5) is 0 Å². The van der Waals surface area contributed by atoms with E-state index < -0.39 is 0 Å². The van der Waals surface area contributed by atoms with Crippen LogP contribution < -0.4 is 0 Å². The summed E-state index contributed by atoms with van der Waals surface area (Å²) in [7, 11) is 1.40. The Hall–Kier alpha value is -1.32. The van der Waals surface area contributed by atoms with Crippen LogP contribution in [0.2, 0.25) is 0 Å². The molecular weight excluding hydrogens is 180 g/mol. The first kappa shape index (κ1) is 10.8. The summed E-state index contributed by atoms with van der Waals surface area (Å²) in [6.07, 6.45) is 4.65. The summed E-state index contributed by atoms with van der Waals surface area (Å²) in [6, 6.07) is 0. The molecule has 1 aromatic rings. The number of hydrogen-bond acceptors (Lipinski definition) is 3. The monoisotopic (exact) mass is 196 g/mol. The average Bonchev–Trinajstić information content (AvgIpc) is 2.64. The first-order valence-electron chi connectivity index (χ1n) is 4.79. The minimum absolute atomic E-state index is 0.221. The number of carbonyl (C=O) groups is 1. The van der Waals surface area contributed by atoms with Gasteiger partial charge in [0.25, 0.3) is 0 Å². The lowest BCUT2D eigenvalue weighted by molar-refractivity contribution is -0.141. The van der Waals surface area contributed by atoms with E-state index in [0.717, 1.165) is 18.5 Å². The van der Waals surface area contributed by atoms with Gasteiger partial charge in [-0.15, -0.1) is 0 Å². The molecule has 0 amide bonds. The molecule has 0 aliphatic heterocycles. The lowest BCUT2D eigenvalue weighted by Crippen LogP contribution is -2.10. The van der Waals surface area contributed by atoms with Gasteiger partial charge < -0.3 is 4.74 Å². The number of aromatic nitrogens is 2. The van der Waals surface area contributed by atoms with Crippen LogP contribution in [-0.4, -0.2) is 22.9 Å². The van der Waals surface area contributed by atoms with Gasteiger partial charge in [-0.3, -0.25) is 9.48 Å². The van der Waals surface area contributed by atoms with Gasteiger partial charge in [0, 0.05) is 18.3 Å². The van der Waals surface area contributed by atoms with Crippen molar-refractivity contribution >= 4 is 5.97 Å². The predicted molar refractivity (Wildman–Crippen MR) is 52.9 cm³/mol. The number of carbonyl (C=O) groups excluding carboxylic acids is 1. The van der Waals surface area contributed by atoms with Crippen LogP contribution in [0.3, 0.4) is 0 Å². The summed E-state index contributed by atoms with van der Waals surface area (Å²) in [4.78, 5) is 11.2. The number of rotatable bonds is 4. The van der Waals surface area contributed by atoms with E-state index in [1.807, 2.05) is 17.8 Å². The molecule has 0 aromatic carbocycles. The average molecular weight is 196 g/mol. The maximum absolute atomic E-state index is 11.2. The first-order chi connectivity index (χ1) is 6.69. The molecule has 1 rings (SSSR count). The molecule has 1 unspecified atom stereocenters. The lowest BCUT2D eigenvalue weighted by atomic mass is 10.1. The number of hydrogen-bond donors (Lipinski definition) is 0. The summed E-state index contributed by atoms with van der Waals surface area (Å²) in [6.45, 7) is 4.79. The molecule has 4 heteroatoms. The summed E-state index contributed by atoms with van der Waals surface area (Å²) < 4.78 is 6.50. The number of nitrogens with zero attached hydrogens (tertiary/aromatic N) is 2. The molecule has 4 nitrogen and oxygen atoms in total. The van der Waals surface area contributed by atoms with Crippen molar-refractivity contribution in [3.63, 3.8) is 0 Å². The Morgan fingerprint density at radius 2 is 2.43 bits per heavy atom. The van der Waals surface area contributed by atoms with E-state index in [1.165, 1.54) is 7.11 Å². The quantitative estimate of drug-likeness (QED) is 0.686. The van der Waals surface area contributed by atoms with Crippen LogP contribution in [0.5, 0.6) is 0 Å². The highest BCUT2D eigenvalue weighted by Crippen LogP contribution is 2.15. The van der Waals surface area contributed by atoms with Crippen LogP contribution in [0.1, 0.15) is 31.7 Å². The van der Waals surface area contributed by atoms with Gasteiger partial charge >= 0.3 is 5.97 Å². The van der Waals surface area contributed by atoms with Gasteiger partial charge in [0.05, 0.1) is 19.2 Å². The summed E-state index contributed by atoms with van der Waals surface area (Å²) in [5.74, 6) is -0.452. The summed E-state index contributed by atoms with van der Waals surface area (Å²) >= 11 is 0. The van der Waals surface area contributed by atoms with Crippen LogP contribution in [0, 0.1) is 0 Å². The predicted octanol–water partition coefficient (Wildman–Crippen LogP) is 1.57. The van der Waals surface area contributed by atoms with E-state index in [0.29, 0.717) is 0 Å². The highest BCUT2D eigenvalue weighted by Gasteiger charge is 2.16. The van der Waals surface area contributed by atoms with Crippen molar-refractivity contribution in [1.29, 1.82) is 0 Å². The van der Waals surface area contributed by atoms with Crippen molar-refractivity contribution in [2.45, 2.75) is 32.7 Å². The molecule has 1 heterocycles. The molecule has 0 aliphatic carbocycles. The first-order valence-corrected chi connectivity index (χ1v) is 4.79. The molecule has 0 spiro atoms. The number of aryl methyl sites for hydroxylation is 1. The Balaban J connectivity index is 2.70. The third-order valence-corrected chi connectivity index (χ3v) is 2.16. The topological polar surface area (TPSA) is 44.1 Å². The lowest BCUT2D eigenvalue weighted by Gasteiger charge is -2.05. The van der Waals surface area contributed by atoms with Gasteiger partial charge in [0.15, 0.2) is 0 Å². The maximum Gasteiger partial charge on any atom is 0.312 e. The van der Waals surface area contributed by atoms with E-state index in [9.17, 15) is 4.79 Å². The smallest absolute Gasteiger partial charge is 0.312 e. The van der Waals surface area contributed by atoms with Crippen LogP contribution in [-0.2, 0) is 16.1 Å². The van der Waals surface area contributed by atoms with Crippen molar-refractivity contribution < 1.29 is 9.53 Å². The maximum atomic E-state index is 11.2. The molecular formula is C10H16N2O2. The number of esters is 1. The van der Waals surface area contributed by atoms with E-state index in [-0.39, 0.29) is 11.9 Å². The standard InChI is InChI=1S/C10H16N2O2/c1-4-5-12-7-9(6-11-12)8(2)10(13)14-3/h6-8H,4-5H2,1-3H3. The molecule has 1 aromatic heterocycles. The Bertz CT molecular complexity index is 307. The molecule has 0 bridgehead atoms. The molecule has 0 fully saturated rings. The number of ether oxygens (including phenoxy) is 1. The zero-order chi connectivity index (χ0) is 10.6. The molecule has 78 valence electrons. The number of methoxy groups -OCH3 is 1. The minimum Gasteiger partial charge on any atom is -0.469 e. The molecule has 0 saturated heterocycles. The van der Waals surface area contributed by atoms with Gasteiger partial charge in [-0.1, -0.05) is 6.92 Å². The third-order valence-electron chi connectivity index (χ3n) is 2.16. The Labute approximate surface area is 83.9 Å². The zero-order valence-corrected chi connectivity index (χ0v) is 8.86. The van der Waals surface area contributed by atoms with Crippen molar-refractivity contribution in [1.82, 2.24) is 9.78 Å². The highest BCUT2D eigenvalue weighted by atomic mass is 16.5. The molecule has 0 radical (unpaired) electrons. The van der Waals surface area contributed by atoms with Gasteiger partial charge in [0.1, 0.15) is 0 Å². The van der Waals surface area contributed by atoms with Crippen molar-refractivity contribution in [3.05, 3.63) is 18.0 Å². The van der Waals surface area contributed by atoms with Crippen LogP contribution in [0.25, 0.3) is 0 Å². The normalized spacial score (nSPS) is 12.5. The molecule has 0 N–H and O–H groups in total. The fourth-order valence-corrected chi connectivity index (χ4v) is 1.27. The van der Waals surface area contributed by atoms with Crippen molar-refractivity contribution in [2.24, 2.45) is 0 Å². The molecule has 0 saturated carbocycles. The van der Waals surface area contributed by atoms with Gasteiger partial charge in [0.2, 0.25) is 0 Å². The van der Waals surface area contributed by atoms with Crippen molar-refractivity contribution in [2.75, 3.05) is 7.11 Å². The van der Waals surface area contributed by atoms with E-state index >= 15 is 0 Å². The van der Waals surface area contributed by atoms with Crippen molar-refractivity contribution in [3.8, 4) is 0 Å². The Morgan fingerprint density at radius 3 is 3.00 bits per heavy atom. The van der Waals surface area contributed by atoms with E-state index in [2.05, 4.69) is 16.8 Å². The second-order valence-corrected chi connectivity index (χ2v) is 3.28. The second-order valence-electron chi connectivity index (χ2n) is 3.28. The summed E-state index contributed by atoms with van der Waals surface area (Å²) in [5, 5.41) is 4.15. The fraction of sp³-hybridized carbons (Fsp3) is 0.600. The molecule has 1 atom stereocenters. The van der Waals surface area contributed by atoms with Gasteiger partial charge in [-0.25, -0.2) is 0 Å². The van der Waals surface area contributed by atoms with Gasteiger partial charge in [-0.05, 0) is 13.3 Å². The molecule has 0 aliphatic rings.